The van der Waals surface area contributed by atoms with E-state index >= 15 is 0 Å². The van der Waals surface area contributed by atoms with Gasteiger partial charge in [0.1, 0.15) is 0 Å². The number of aryl methyl sites for hydroxylation is 1. The third-order valence-corrected chi connectivity index (χ3v) is 3.46. The minimum Gasteiger partial charge on any atom is -0.356 e. The second-order valence-electron chi connectivity index (χ2n) is 4.72. The van der Waals surface area contributed by atoms with Crippen molar-refractivity contribution in [3.63, 3.8) is 0 Å². The number of halogens is 1. The number of benzene rings is 1. The number of rotatable bonds is 5. The van der Waals surface area contributed by atoms with Crippen molar-refractivity contribution in [3.05, 3.63) is 52.8 Å². The predicted octanol–water partition coefficient (Wildman–Crippen LogP) is 1.98. The van der Waals surface area contributed by atoms with Gasteiger partial charge in [0, 0.05) is 44.0 Å². The molecule has 0 atom stereocenters. The molecule has 1 aromatic heterocycles. The Morgan fingerprint density at radius 3 is 2.81 bits per heavy atom. The average Bonchev–Trinajstić information content (AvgIpc) is 2.90. The molecule has 21 heavy (non-hydrogen) atoms. The van der Waals surface area contributed by atoms with Crippen LogP contribution in [0, 0.1) is 0 Å². The topological polar surface area (TPSA) is 54.2 Å². The fourth-order valence-electron chi connectivity index (χ4n) is 1.99. The molecule has 2 aromatic rings. The zero-order valence-corrected chi connectivity index (χ0v) is 13.1. The van der Waals surface area contributed by atoms with E-state index in [0.29, 0.717) is 6.54 Å². The summed E-state index contributed by atoms with van der Waals surface area (Å²) in [5.74, 6) is 0.769. The van der Waals surface area contributed by atoms with E-state index in [0.717, 1.165) is 35.1 Å². The van der Waals surface area contributed by atoms with E-state index in [9.17, 15) is 0 Å². The van der Waals surface area contributed by atoms with E-state index in [1.165, 1.54) is 0 Å². The van der Waals surface area contributed by atoms with Crippen molar-refractivity contribution in [2.75, 3.05) is 13.6 Å². The van der Waals surface area contributed by atoms with Crippen molar-refractivity contribution in [2.45, 2.75) is 13.0 Å². The van der Waals surface area contributed by atoms with Gasteiger partial charge < -0.3 is 10.6 Å². The standard InChI is InChI=1S/C15H20ClN5/c1-17-15(19-9-12-10-20-21(2)11-12)18-8-7-13-5-3-4-6-14(13)16/h3-6,10-11H,7-9H2,1-2H3,(H2,17,18,19). The average molecular weight is 306 g/mol. The molecule has 1 aromatic carbocycles. The summed E-state index contributed by atoms with van der Waals surface area (Å²) in [5.41, 5.74) is 2.25. The van der Waals surface area contributed by atoms with Crippen LogP contribution in [0.3, 0.4) is 0 Å². The highest BCUT2D eigenvalue weighted by molar-refractivity contribution is 6.31. The van der Waals surface area contributed by atoms with Crippen molar-refractivity contribution in [2.24, 2.45) is 12.0 Å². The first-order chi connectivity index (χ1) is 10.2. The van der Waals surface area contributed by atoms with E-state index in [4.69, 9.17) is 11.6 Å². The number of hydrogen-bond acceptors (Lipinski definition) is 2. The summed E-state index contributed by atoms with van der Waals surface area (Å²) >= 11 is 6.13. The lowest BCUT2D eigenvalue weighted by Gasteiger charge is -2.11. The lowest BCUT2D eigenvalue weighted by molar-refractivity contribution is 0.764. The number of nitrogens with one attached hydrogen (secondary N) is 2. The number of aromatic nitrogens is 2. The van der Waals surface area contributed by atoms with Gasteiger partial charge in [-0.15, -0.1) is 0 Å². The van der Waals surface area contributed by atoms with Crippen LogP contribution in [-0.2, 0) is 20.0 Å². The van der Waals surface area contributed by atoms with Crippen molar-refractivity contribution < 1.29 is 0 Å². The van der Waals surface area contributed by atoms with Gasteiger partial charge in [0.05, 0.1) is 6.20 Å². The maximum atomic E-state index is 6.13. The van der Waals surface area contributed by atoms with Crippen LogP contribution >= 0.6 is 11.6 Å². The van der Waals surface area contributed by atoms with Crippen molar-refractivity contribution >= 4 is 17.6 Å². The molecule has 6 heteroatoms. The summed E-state index contributed by atoms with van der Waals surface area (Å²) in [5, 5.41) is 11.5. The molecule has 2 rings (SSSR count). The van der Waals surface area contributed by atoms with Gasteiger partial charge in [0.15, 0.2) is 5.96 Å². The quantitative estimate of drug-likeness (QED) is 0.656. The molecule has 2 N–H and O–H groups in total. The molecule has 0 aliphatic carbocycles. The Bertz CT molecular complexity index is 606. The Hall–Kier alpha value is -2.01. The molecule has 0 saturated carbocycles. The maximum Gasteiger partial charge on any atom is 0.191 e. The summed E-state index contributed by atoms with van der Waals surface area (Å²) in [6, 6.07) is 7.88. The Morgan fingerprint density at radius 2 is 2.14 bits per heavy atom. The Kier molecular flexibility index (Phi) is 5.63. The predicted molar refractivity (Wildman–Crippen MR) is 86.6 cm³/mol. The molecule has 1 heterocycles. The largest absolute Gasteiger partial charge is 0.356 e. The van der Waals surface area contributed by atoms with Gasteiger partial charge in [-0.2, -0.15) is 5.10 Å². The van der Waals surface area contributed by atoms with Crippen molar-refractivity contribution in [1.29, 1.82) is 0 Å². The van der Waals surface area contributed by atoms with Crippen LogP contribution in [0.2, 0.25) is 5.02 Å². The molecular formula is C15H20ClN5. The molecule has 0 fully saturated rings. The van der Waals surface area contributed by atoms with Gasteiger partial charge in [0.25, 0.3) is 0 Å². The van der Waals surface area contributed by atoms with Gasteiger partial charge >= 0.3 is 0 Å². The maximum absolute atomic E-state index is 6.13. The molecule has 0 radical (unpaired) electrons. The molecule has 0 unspecified atom stereocenters. The minimum absolute atomic E-state index is 0.694. The summed E-state index contributed by atoms with van der Waals surface area (Å²) < 4.78 is 1.78. The van der Waals surface area contributed by atoms with Crippen LogP contribution in [0.15, 0.2) is 41.7 Å². The van der Waals surface area contributed by atoms with Gasteiger partial charge in [-0.05, 0) is 18.1 Å². The second-order valence-corrected chi connectivity index (χ2v) is 5.12. The van der Waals surface area contributed by atoms with E-state index in [-0.39, 0.29) is 0 Å². The zero-order valence-electron chi connectivity index (χ0n) is 12.3. The first-order valence-electron chi connectivity index (χ1n) is 6.84. The highest BCUT2D eigenvalue weighted by Gasteiger charge is 2.02. The molecule has 0 saturated heterocycles. The van der Waals surface area contributed by atoms with Gasteiger partial charge in [-0.3, -0.25) is 9.67 Å². The van der Waals surface area contributed by atoms with Crippen molar-refractivity contribution in [1.82, 2.24) is 20.4 Å². The second kappa shape index (κ2) is 7.69. The fraction of sp³-hybridized carbons (Fsp3) is 0.333. The lowest BCUT2D eigenvalue weighted by atomic mass is 10.1. The number of guanidine groups is 1. The molecule has 0 bridgehead atoms. The van der Waals surface area contributed by atoms with Crippen LogP contribution < -0.4 is 10.6 Å². The van der Waals surface area contributed by atoms with Gasteiger partial charge in [-0.1, -0.05) is 29.8 Å². The van der Waals surface area contributed by atoms with Crippen LogP contribution in [0.1, 0.15) is 11.1 Å². The monoisotopic (exact) mass is 305 g/mol. The third kappa shape index (κ3) is 4.79. The summed E-state index contributed by atoms with van der Waals surface area (Å²) in [6.45, 7) is 1.47. The fourth-order valence-corrected chi connectivity index (χ4v) is 2.22. The van der Waals surface area contributed by atoms with E-state index in [2.05, 4.69) is 20.7 Å². The Labute approximate surface area is 130 Å². The smallest absolute Gasteiger partial charge is 0.191 e. The highest BCUT2D eigenvalue weighted by atomic mass is 35.5. The number of hydrogen-bond donors (Lipinski definition) is 2. The lowest BCUT2D eigenvalue weighted by Crippen LogP contribution is -2.37. The van der Waals surface area contributed by atoms with E-state index < -0.39 is 0 Å². The molecular weight excluding hydrogens is 286 g/mol. The van der Waals surface area contributed by atoms with E-state index in [1.807, 2.05) is 43.7 Å². The first-order valence-corrected chi connectivity index (χ1v) is 7.22. The van der Waals surface area contributed by atoms with Crippen LogP contribution in [0.5, 0.6) is 0 Å². The summed E-state index contributed by atoms with van der Waals surface area (Å²) in [6.07, 6.45) is 4.67. The zero-order chi connectivity index (χ0) is 15.1. The molecule has 0 aliphatic rings. The molecule has 0 aliphatic heterocycles. The number of nitrogens with zero attached hydrogens (tertiary/aromatic N) is 3. The van der Waals surface area contributed by atoms with Crippen molar-refractivity contribution in [3.8, 4) is 0 Å². The van der Waals surface area contributed by atoms with Gasteiger partial charge in [-0.25, -0.2) is 0 Å². The Balaban J connectivity index is 1.77. The molecule has 0 amide bonds. The molecule has 0 spiro atoms. The SMILES string of the molecule is CN=C(NCCc1ccccc1Cl)NCc1cnn(C)c1. The van der Waals surface area contributed by atoms with Crippen LogP contribution in [0.4, 0.5) is 0 Å². The molecule has 5 nitrogen and oxygen atoms in total. The number of aliphatic imine (C=N–C) groups is 1. The molecule has 112 valence electrons. The summed E-state index contributed by atoms with van der Waals surface area (Å²) in [4.78, 5) is 4.20. The van der Waals surface area contributed by atoms with E-state index in [1.54, 1.807) is 11.7 Å². The minimum atomic E-state index is 0.694. The third-order valence-electron chi connectivity index (χ3n) is 3.09. The highest BCUT2D eigenvalue weighted by Crippen LogP contribution is 2.14. The van der Waals surface area contributed by atoms with Crippen LogP contribution in [-0.4, -0.2) is 29.3 Å². The first kappa shape index (κ1) is 15.4. The normalized spacial score (nSPS) is 11.5. The summed E-state index contributed by atoms with van der Waals surface area (Å²) in [7, 11) is 3.66. The Morgan fingerprint density at radius 1 is 1.33 bits per heavy atom. The van der Waals surface area contributed by atoms with Gasteiger partial charge in [0.2, 0.25) is 0 Å². The van der Waals surface area contributed by atoms with Crippen LogP contribution in [0.25, 0.3) is 0 Å².